The Morgan fingerprint density at radius 3 is 2.52 bits per heavy atom. The van der Waals surface area contributed by atoms with Crippen LogP contribution >= 0.6 is 35.1 Å². The van der Waals surface area contributed by atoms with E-state index in [9.17, 15) is 28.1 Å². The maximum atomic E-state index is 12.7. The van der Waals surface area contributed by atoms with Crippen molar-refractivity contribution in [3.63, 3.8) is 0 Å². The van der Waals surface area contributed by atoms with Crippen LogP contribution in [-0.2, 0) is 17.4 Å². The Morgan fingerprint density at radius 1 is 1.21 bits per heavy atom. The lowest BCUT2D eigenvalue weighted by molar-refractivity contribution is -0.385. The van der Waals surface area contributed by atoms with Gasteiger partial charge in [-0.2, -0.15) is 24.9 Å². The number of nitrogens with zero attached hydrogens (tertiary/aromatic N) is 1. The number of thioether (sulfide) groups is 2. The predicted molar refractivity (Wildman–Crippen MR) is 109 cm³/mol. The maximum Gasteiger partial charge on any atom is 0.416 e. The van der Waals surface area contributed by atoms with Crippen LogP contribution in [0.3, 0.4) is 0 Å². The van der Waals surface area contributed by atoms with Gasteiger partial charge < -0.3 is 4.74 Å². The summed E-state index contributed by atoms with van der Waals surface area (Å²) in [6.45, 7) is 0. The summed E-state index contributed by atoms with van der Waals surface area (Å²) in [5.41, 5.74) is -1.01. The van der Waals surface area contributed by atoms with Crippen LogP contribution < -0.4 is 4.74 Å². The Morgan fingerprint density at radius 2 is 1.93 bits per heavy atom. The second kappa shape index (κ2) is 10.2. The van der Waals surface area contributed by atoms with E-state index in [0.29, 0.717) is 5.75 Å². The molecule has 0 radical (unpaired) electrons. The fraction of sp³-hybridized carbons (Fsp3) is 0.278. The molecule has 0 aliphatic heterocycles. The molecule has 0 aromatic heterocycles. The van der Waals surface area contributed by atoms with Crippen molar-refractivity contribution in [1.29, 1.82) is 0 Å². The van der Waals surface area contributed by atoms with Crippen molar-refractivity contribution >= 4 is 45.9 Å². The highest BCUT2D eigenvalue weighted by molar-refractivity contribution is 8.14. The Balaban J connectivity index is 2.24. The molecule has 0 aliphatic rings. The Kier molecular flexibility index (Phi) is 8.23. The summed E-state index contributed by atoms with van der Waals surface area (Å²) in [5, 5.41) is 10.7. The molecule has 0 N–H and O–H groups in total. The number of ether oxygens (including phenoxy) is 1. The van der Waals surface area contributed by atoms with Crippen LogP contribution in [0, 0.1) is 10.1 Å². The van der Waals surface area contributed by atoms with Gasteiger partial charge in [0.1, 0.15) is 11.5 Å². The molecule has 0 bridgehead atoms. The van der Waals surface area contributed by atoms with Gasteiger partial charge in [-0.05, 0) is 36.6 Å². The highest BCUT2D eigenvalue weighted by Gasteiger charge is 2.31. The summed E-state index contributed by atoms with van der Waals surface area (Å²) < 4.78 is 43.7. The van der Waals surface area contributed by atoms with E-state index in [1.807, 2.05) is 6.26 Å². The standard InChI is InChI=1S/C18H15ClF3NO4S2/c1-28-6-7-29-17(24)9-11-8-13(3-4-15(11)23(25)26)27-16-5-2-12(10-14(16)19)18(20,21)22/h2-5,8,10H,6-7,9H2,1H3. The van der Waals surface area contributed by atoms with E-state index in [1.165, 1.54) is 18.2 Å². The van der Waals surface area contributed by atoms with Gasteiger partial charge in [-0.15, -0.1) is 0 Å². The topological polar surface area (TPSA) is 69.4 Å². The molecule has 29 heavy (non-hydrogen) atoms. The number of hydrogen-bond acceptors (Lipinski definition) is 6. The minimum Gasteiger partial charge on any atom is -0.456 e. The first-order valence-corrected chi connectivity index (χ1v) is 10.8. The fourth-order valence-corrected chi connectivity index (χ4v) is 3.98. The van der Waals surface area contributed by atoms with Crippen molar-refractivity contribution in [2.75, 3.05) is 17.8 Å². The zero-order valence-corrected chi connectivity index (χ0v) is 17.4. The third-order valence-corrected chi connectivity index (χ3v) is 5.66. The largest absolute Gasteiger partial charge is 0.456 e. The predicted octanol–water partition coefficient (Wildman–Crippen LogP) is 6.22. The van der Waals surface area contributed by atoms with Gasteiger partial charge in [0.2, 0.25) is 0 Å². The second-order valence-electron chi connectivity index (χ2n) is 5.68. The summed E-state index contributed by atoms with van der Waals surface area (Å²) in [5.74, 6) is 1.44. The maximum absolute atomic E-state index is 12.7. The smallest absolute Gasteiger partial charge is 0.416 e. The van der Waals surface area contributed by atoms with Gasteiger partial charge >= 0.3 is 6.18 Å². The summed E-state index contributed by atoms with van der Waals surface area (Å²) in [7, 11) is 0. The molecule has 5 nitrogen and oxygen atoms in total. The van der Waals surface area contributed by atoms with Crippen LogP contribution in [0.5, 0.6) is 11.5 Å². The van der Waals surface area contributed by atoms with E-state index in [2.05, 4.69) is 0 Å². The molecule has 11 heteroatoms. The lowest BCUT2D eigenvalue weighted by atomic mass is 10.1. The van der Waals surface area contributed by atoms with Crippen LogP contribution in [0.4, 0.5) is 18.9 Å². The molecule has 0 amide bonds. The first-order chi connectivity index (χ1) is 13.6. The molecule has 0 saturated heterocycles. The minimum atomic E-state index is -4.54. The molecule has 2 aromatic rings. The third-order valence-electron chi connectivity index (χ3n) is 3.62. The normalized spacial score (nSPS) is 11.3. The zero-order chi connectivity index (χ0) is 21.6. The third kappa shape index (κ3) is 6.83. The van der Waals surface area contributed by atoms with Gasteiger partial charge in [0.25, 0.3) is 5.69 Å². The number of carbonyl (C=O) groups is 1. The van der Waals surface area contributed by atoms with Crippen LogP contribution in [-0.4, -0.2) is 27.8 Å². The van der Waals surface area contributed by atoms with E-state index in [-0.39, 0.29) is 39.3 Å². The first kappa shape index (κ1) is 23.4. The number of hydrogen-bond donors (Lipinski definition) is 0. The molecule has 2 aromatic carbocycles. The van der Waals surface area contributed by atoms with Crippen LogP contribution in [0.15, 0.2) is 36.4 Å². The number of rotatable bonds is 8. The Labute approximate surface area is 178 Å². The molecule has 2 rings (SSSR count). The number of halogens is 4. The van der Waals surface area contributed by atoms with Crippen LogP contribution in [0.1, 0.15) is 11.1 Å². The van der Waals surface area contributed by atoms with E-state index in [1.54, 1.807) is 11.8 Å². The Bertz CT molecular complexity index is 909. The molecule has 0 atom stereocenters. The molecule has 0 saturated carbocycles. The van der Waals surface area contributed by atoms with Gasteiger partial charge in [-0.1, -0.05) is 23.4 Å². The first-order valence-electron chi connectivity index (χ1n) is 8.08. The lowest BCUT2D eigenvalue weighted by Gasteiger charge is -2.12. The van der Waals surface area contributed by atoms with Crippen molar-refractivity contribution in [2.24, 2.45) is 0 Å². The van der Waals surface area contributed by atoms with Crippen molar-refractivity contribution in [1.82, 2.24) is 0 Å². The second-order valence-corrected chi connectivity index (χ2v) is 8.23. The minimum absolute atomic E-state index is 0.0415. The fourth-order valence-electron chi connectivity index (χ4n) is 2.28. The quantitative estimate of drug-likeness (QED) is 0.261. The summed E-state index contributed by atoms with van der Waals surface area (Å²) in [6.07, 6.45) is -2.81. The highest BCUT2D eigenvalue weighted by atomic mass is 35.5. The van der Waals surface area contributed by atoms with Crippen molar-refractivity contribution in [3.05, 3.63) is 62.7 Å². The molecule has 0 unspecified atom stereocenters. The van der Waals surface area contributed by atoms with Gasteiger partial charge in [0, 0.05) is 29.6 Å². The molecule has 0 aliphatic carbocycles. The zero-order valence-electron chi connectivity index (χ0n) is 15.0. The average molecular weight is 466 g/mol. The molecule has 156 valence electrons. The van der Waals surface area contributed by atoms with Crippen LogP contribution in [0.25, 0.3) is 0 Å². The van der Waals surface area contributed by atoms with E-state index < -0.39 is 16.7 Å². The molecule has 0 spiro atoms. The van der Waals surface area contributed by atoms with Crippen molar-refractivity contribution < 1.29 is 27.6 Å². The summed E-state index contributed by atoms with van der Waals surface area (Å²) >= 11 is 8.53. The number of nitro groups is 1. The van der Waals surface area contributed by atoms with Gasteiger partial charge in [-0.25, -0.2) is 0 Å². The molecular formula is C18H15ClF3NO4S2. The van der Waals surface area contributed by atoms with Gasteiger partial charge in [0.15, 0.2) is 5.12 Å². The van der Waals surface area contributed by atoms with Crippen molar-refractivity contribution in [2.45, 2.75) is 12.6 Å². The summed E-state index contributed by atoms with van der Waals surface area (Å²) in [6, 6.07) is 6.41. The van der Waals surface area contributed by atoms with Gasteiger partial charge in [-0.3, -0.25) is 14.9 Å². The van der Waals surface area contributed by atoms with E-state index in [0.717, 1.165) is 35.7 Å². The van der Waals surface area contributed by atoms with Gasteiger partial charge in [0.05, 0.1) is 15.5 Å². The van der Waals surface area contributed by atoms with Crippen molar-refractivity contribution in [3.8, 4) is 11.5 Å². The molecule has 0 heterocycles. The number of nitro benzene ring substituents is 1. The number of alkyl halides is 3. The monoisotopic (exact) mass is 465 g/mol. The SMILES string of the molecule is CSCCSC(=O)Cc1cc(Oc2ccc(C(F)(F)F)cc2Cl)ccc1[N+](=O)[O-]. The van der Waals surface area contributed by atoms with E-state index >= 15 is 0 Å². The molecular weight excluding hydrogens is 451 g/mol. The van der Waals surface area contributed by atoms with E-state index in [4.69, 9.17) is 16.3 Å². The number of benzene rings is 2. The van der Waals surface area contributed by atoms with Crippen LogP contribution in [0.2, 0.25) is 5.02 Å². The average Bonchev–Trinajstić information content (AvgIpc) is 2.62. The lowest BCUT2D eigenvalue weighted by Crippen LogP contribution is -2.05. The number of carbonyl (C=O) groups excluding carboxylic acids is 1. The summed E-state index contributed by atoms with van der Waals surface area (Å²) in [4.78, 5) is 22.7. The Hall–Kier alpha value is -1.91. The molecule has 0 fully saturated rings. The highest BCUT2D eigenvalue weighted by Crippen LogP contribution is 2.37.